The zero-order valence-electron chi connectivity index (χ0n) is 13.2. The van der Waals surface area contributed by atoms with Crippen molar-refractivity contribution in [2.45, 2.75) is 32.2 Å². The van der Waals surface area contributed by atoms with E-state index >= 15 is 0 Å². The van der Waals surface area contributed by atoms with Gasteiger partial charge in [0.1, 0.15) is 6.33 Å². The van der Waals surface area contributed by atoms with E-state index in [0.717, 1.165) is 12.0 Å². The lowest BCUT2D eigenvalue weighted by Crippen LogP contribution is -2.46. The first-order valence-electron chi connectivity index (χ1n) is 7.37. The molecule has 0 saturated carbocycles. The normalized spacial score (nSPS) is 13.6. The largest absolute Gasteiger partial charge is 0.396 e. The Balaban J connectivity index is 2.11. The van der Waals surface area contributed by atoms with Crippen molar-refractivity contribution in [1.29, 1.82) is 0 Å². The summed E-state index contributed by atoms with van der Waals surface area (Å²) in [6.07, 6.45) is 2.93. The van der Waals surface area contributed by atoms with Gasteiger partial charge in [0.25, 0.3) is 5.91 Å². The minimum atomic E-state index is -0.396. The molecule has 0 radical (unpaired) electrons. The Hall–Kier alpha value is -2.21. The molecule has 1 amide bonds. The van der Waals surface area contributed by atoms with Gasteiger partial charge in [-0.25, -0.2) is 4.98 Å². The quantitative estimate of drug-likeness (QED) is 0.852. The van der Waals surface area contributed by atoms with Crippen molar-refractivity contribution < 1.29 is 9.90 Å². The number of aliphatic hydroxyl groups excluding tert-OH is 1. The summed E-state index contributed by atoms with van der Waals surface area (Å²) in [7, 11) is 1.81. The lowest BCUT2D eigenvalue weighted by Gasteiger charge is -2.29. The van der Waals surface area contributed by atoms with Gasteiger partial charge in [-0.1, -0.05) is 19.1 Å². The van der Waals surface area contributed by atoms with Gasteiger partial charge in [-0.2, -0.15) is 5.10 Å². The molecule has 0 saturated heterocycles. The van der Waals surface area contributed by atoms with Crippen molar-refractivity contribution in [3.8, 4) is 11.4 Å². The molecule has 22 heavy (non-hydrogen) atoms. The summed E-state index contributed by atoms with van der Waals surface area (Å²) in [5.74, 6) is 0.492. The molecule has 0 bridgehead atoms. The van der Waals surface area contributed by atoms with Crippen LogP contribution in [0, 0.1) is 0 Å². The standard InChI is InChI=1S/C16H22N4O2/c1-4-16(2,9-10-21)18-15(22)13-7-5-12(6-8-13)14-17-11-20(3)19-14/h5-8,11,21H,4,9-10H2,1-3H3,(H,18,22). The van der Waals surface area contributed by atoms with Gasteiger partial charge < -0.3 is 10.4 Å². The van der Waals surface area contributed by atoms with Crippen LogP contribution < -0.4 is 5.32 Å². The van der Waals surface area contributed by atoms with Crippen molar-refractivity contribution in [1.82, 2.24) is 20.1 Å². The topological polar surface area (TPSA) is 80.0 Å². The van der Waals surface area contributed by atoms with Crippen LogP contribution in [-0.4, -0.2) is 37.9 Å². The lowest BCUT2D eigenvalue weighted by molar-refractivity contribution is 0.0886. The molecule has 0 aliphatic rings. The molecule has 0 fully saturated rings. The van der Waals surface area contributed by atoms with Crippen LogP contribution in [0.4, 0.5) is 0 Å². The molecule has 1 heterocycles. The fraction of sp³-hybridized carbons (Fsp3) is 0.438. The van der Waals surface area contributed by atoms with Crippen LogP contribution in [0.5, 0.6) is 0 Å². The number of nitrogens with one attached hydrogen (secondary N) is 1. The highest BCUT2D eigenvalue weighted by molar-refractivity contribution is 5.95. The van der Waals surface area contributed by atoms with E-state index in [-0.39, 0.29) is 12.5 Å². The van der Waals surface area contributed by atoms with Crippen molar-refractivity contribution in [3.05, 3.63) is 36.2 Å². The van der Waals surface area contributed by atoms with Crippen LogP contribution in [0.2, 0.25) is 0 Å². The predicted molar refractivity (Wildman–Crippen MR) is 84.3 cm³/mol. The number of carbonyl (C=O) groups excluding carboxylic acids is 1. The van der Waals surface area contributed by atoms with Crippen LogP contribution >= 0.6 is 0 Å². The molecule has 2 rings (SSSR count). The molecule has 1 aromatic carbocycles. The van der Waals surface area contributed by atoms with Crippen molar-refractivity contribution >= 4 is 5.91 Å². The number of hydrogen-bond acceptors (Lipinski definition) is 4. The highest BCUT2D eigenvalue weighted by Crippen LogP contribution is 2.17. The van der Waals surface area contributed by atoms with Crippen LogP contribution in [0.1, 0.15) is 37.0 Å². The average Bonchev–Trinajstić information content (AvgIpc) is 2.94. The molecular formula is C16H22N4O2. The number of carbonyl (C=O) groups is 1. The minimum absolute atomic E-state index is 0.0505. The third-order valence-corrected chi connectivity index (χ3v) is 3.86. The molecule has 6 heteroatoms. The first-order valence-corrected chi connectivity index (χ1v) is 7.37. The van der Waals surface area contributed by atoms with Crippen molar-refractivity contribution in [2.75, 3.05) is 6.61 Å². The number of hydrogen-bond donors (Lipinski definition) is 2. The minimum Gasteiger partial charge on any atom is -0.396 e. The molecule has 2 aromatic rings. The Morgan fingerprint density at radius 2 is 2.05 bits per heavy atom. The highest BCUT2D eigenvalue weighted by atomic mass is 16.3. The number of aliphatic hydroxyl groups is 1. The number of benzene rings is 1. The second-order valence-electron chi connectivity index (χ2n) is 5.66. The van der Waals surface area contributed by atoms with E-state index in [9.17, 15) is 4.79 Å². The van der Waals surface area contributed by atoms with Gasteiger partial charge in [0.15, 0.2) is 5.82 Å². The summed E-state index contributed by atoms with van der Waals surface area (Å²) < 4.78 is 1.64. The summed E-state index contributed by atoms with van der Waals surface area (Å²) in [5, 5.41) is 16.3. The molecular weight excluding hydrogens is 280 g/mol. The molecule has 0 spiro atoms. The highest BCUT2D eigenvalue weighted by Gasteiger charge is 2.24. The van der Waals surface area contributed by atoms with E-state index in [0.29, 0.717) is 17.8 Å². The second-order valence-corrected chi connectivity index (χ2v) is 5.66. The second kappa shape index (κ2) is 6.70. The number of amides is 1. The molecule has 0 aliphatic heterocycles. The maximum atomic E-state index is 12.3. The van der Waals surface area contributed by atoms with Gasteiger partial charge >= 0.3 is 0 Å². The summed E-state index contributed by atoms with van der Waals surface area (Å²) in [4.78, 5) is 16.5. The van der Waals surface area contributed by atoms with E-state index in [1.165, 1.54) is 0 Å². The van der Waals surface area contributed by atoms with E-state index in [4.69, 9.17) is 5.11 Å². The predicted octanol–water partition coefficient (Wildman–Crippen LogP) is 1.76. The SMILES string of the molecule is CCC(C)(CCO)NC(=O)c1ccc(-c2ncn(C)n2)cc1. The third-order valence-electron chi connectivity index (χ3n) is 3.86. The molecule has 118 valence electrons. The number of rotatable bonds is 6. The monoisotopic (exact) mass is 302 g/mol. The van der Waals surface area contributed by atoms with E-state index < -0.39 is 5.54 Å². The number of nitrogens with zero attached hydrogens (tertiary/aromatic N) is 3. The molecule has 1 aromatic heterocycles. The molecule has 2 N–H and O–H groups in total. The van der Waals surface area contributed by atoms with Gasteiger partial charge in [-0.3, -0.25) is 9.48 Å². The van der Waals surface area contributed by atoms with Crippen LogP contribution in [-0.2, 0) is 7.05 Å². The van der Waals surface area contributed by atoms with Gasteiger partial charge in [0.05, 0.1) is 0 Å². The zero-order valence-corrected chi connectivity index (χ0v) is 13.2. The first kappa shape index (κ1) is 16.2. The van der Waals surface area contributed by atoms with Crippen molar-refractivity contribution in [2.24, 2.45) is 7.05 Å². The van der Waals surface area contributed by atoms with Crippen LogP contribution in [0.25, 0.3) is 11.4 Å². The van der Waals surface area contributed by atoms with E-state index in [1.54, 1.807) is 23.1 Å². The van der Waals surface area contributed by atoms with Gasteiger partial charge in [0, 0.05) is 30.3 Å². The molecule has 1 unspecified atom stereocenters. The van der Waals surface area contributed by atoms with Gasteiger partial charge in [0.2, 0.25) is 0 Å². The smallest absolute Gasteiger partial charge is 0.251 e. The Morgan fingerprint density at radius 1 is 1.36 bits per heavy atom. The van der Waals surface area contributed by atoms with Crippen molar-refractivity contribution in [3.63, 3.8) is 0 Å². The van der Waals surface area contributed by atoms with Gasteiger partial charge in [-0.05, 0) is 31.9 Å². The maximum absolute atomic E-state index is 12.3. The van der Waals surface area contributed by atoms with Crippen LogP contribution in [0.3, 0.4) is 0 Å². The van der Waals surface area contributed by atoms with E-state index in [2.05, 4.69) is 15.4 Å². The zero-order chi connectivity index (χ0) is 16.2. The summed E-state index contributed by atoms with van der Waals surface area (Å²) in [6, 6.07) is 7.19. The number of aromatic nitrogens is 3. The Morgan fingerprint density at radius 3 is 2.55 bits per heavy atom. The number of aryl methyl sites for hydroxylation is 1. The Kier molecular flexibility index (Phi) is 4.92. The summed E-state index contributed by atoms with van der Waals surface area (Å²) in [5.41, 5.74) is 1.05. The molecule has 6 nitrogen and oxygen atoms in total. The first-order chi connectivity index (χ1) is 10.5. The lowest BCUT2D eigenvalue weighted by atomic mass is 9.94. The van der Waals surface area contributed by atoms with E-state index in [1.807, 2.05) is 33.0 Å². The fourth-order valence-electron chi connectivity index (χ4n) is 2.16. The third kappa shape index (κ3) is 3.71. The average molecular weight is 302 g/mol. The maximum Gasteiger partial charge on any atom is 0.251 e. The van der Waals surface area contributed by atoms with Crippen LogP contribution in [0.15, 0.2) is 30.6 Å². The Bertz CT molecular complexity index is 636. The fourth-order valence-corrected chi connectivity index (χ4v) is 2.16. The summed E-state index contributed by atoms with van der Waals surface area (Å²) >= 11 is 0. The Labute approximate surface area is 130 Å². The molecule has 1 atom stereocenters. The molecule has 0 aliphatic carbocycles. The van der Waals surface area contributed by atoms with Gasteiger partial charge in [-0.15, -0.1) is 0 Å². The summed E-state index contributed by atoms with van der Waals surface area (Å²) in [6.45, 7) is 3.98.